The monoisotopic (exact) mass is 258 g/mol. The first-order valence-electron chi connectivity index (χ1n) is 6.60. The molecule has 0 spiro atoms. The van der Waals surface area contributed by atoms with Crippen LogP contribution in [0, 0.1) is 27.7 Å². The maximum absolute atomic E-state index is 5.71. The summed E-state index contributed by atoms with van der Waals surface area (Å²) in [6.45, 7) is 8.20. The molecule has 2 aromatic rings. The number of rotatable bonds is 4. The summed E-state index contributed by atoms with van der Waals surface area (Å²) in [6, 6.07) is 8.68. The van der Waals surface area contributed by atoms with Crippen molar-refractivity contribution in [1.29, 1.82) is 0 Å². The second-order valence-electron chi connectivity index (χ2n) is 5.21. The van der Waals surface area contributed by atoms with Crippen LogP contribution in [-0.4, -0.2) is 0 Å². The number of hydrazine groups is 1. The molecule has 0 aliphatic heterocycles. The molecular formula is C16H22N2O. The van der Waals surface area contributed by atoms with Gasteiger partial charge in [0.05, 0.1) is 6.04 Å². The van der Waals surface area contributed by atoms with Gasteiger partial charge in [-0.2, -0.15) is 0 Å². The Labute approximate surface area is 114 Å². The van der Waals surface area contributed by atoms with E-state index in [1.165, 1.54) is 16.7 Å². The van der Waals surface area contributed by atoms with Crippen LogP contribution in [0.4, 0.5) is 0 Å². The maximum Gasteiger partial charge on any atom is 0.105 e. The predicted octanol–water partition coefficient (Wildman–Crippen LogP) is 3.26. The minimum atomic E-state index is 0.0829. The smallest absolute Gasteiger partial charge is 0.105 e. The first-order chi connectivity index (χ1) is 9.01. The average molecular weight is 258 g/mol. The third-order valence-electron chi connectivity index (χ3n) is 3.67. The van der Waals surface area contributed by atoms with Gasteiger partial charge in [0.1, 0.15) is 11.5 Å². The molecule has 0 fully saturated rings. The number of hydrogen-bond acceptors (Lipinski definition) is 3. The molecule has 3 nitrogen and oxygen atoms in total. The number of furan rings is 1. The van der Waals surface area contributed by atoms with Crippen molar-refractivity contribution in [3.05, 3.63) is 58.0 Å². The molecule has 102 valence electrons. The van der Waals surface area contributed by atoms with Crippen LogP contribution in [-0.2, 0) is 6.42 Å². The van der Waals surface area contributed by atoms with E-state index in [-0.39, 0.29) is 6.04 Å². The molecule has 0 saturated carbocycles. The summed E-state index contributed by atoms with van der Waals surface area (Å²) >= 11 is 0. The second kappa shape index (κ2) is 5.59. The van der Waals surface area contributed by atoms with Gasteiger partial charge in [0, 0.05) is 5.56 Å². The van der Waals surface area contributed by atoms with Gasteiger partial charge in [-0.15, -0.1) is 0 Å². The maximum atomic E-state index is 5.71. The molecule has 1 aromatic carbocycles. The quantitative estimate of drug-likeness (QED) is 0.653. The molecule has 2 rings (SSSR count). The summed E-state index contributed by atoms with van der Waals surface area (Å²) in [4.78, 5) is 0. The van der Waals surface area contributed by atoms with Crippen LogP contribution in [0.2, 0.25) is 0 Å². The van der Waals surface area contributed by atoms with E-state index in [9.17, 15) is 0 Å². The Morgan fingerprint density at radius 2 is 1.84 bits per heavy atom. The van der Waals surface area contributed by atoms with Crippen molar-refractivity contribution in [2.75, 3.05) is 0 Å². The zero-order valence-electron chi connectivity index (χ0n) is 12.1. The van der Waals surface area contributed by atoms with Crippen LogP contribution in [0.3, 0.4) is 0 Å². The molecule has 0 bridgehead atoms. The number of hydrogen-bond donors (Lipinski definition) is 2. The fourth-order valence-corrected chi connectivity index (χ4v) is 2.42. The summed E-state index contributed by atoms with van der Waals surface area (Å²) < 4.78 is 5.58. The molecule has 0 saturated heterocycles. The van der Waals surface area contributed by atoms with Crippen molar-refractivity contribution in [1.82, 2.24) is 5.43 Å². The minimum absolute atomic E-state index is 0.0829. The van der Waals surface area contributed by atoms with Crippen molar-refractivity contribution in [3.8, 4) is 0 Å². The highest BCUT2D eigenvalue weighted by atomic mass is 16.3. The Morgan fingerprint density at radius 3 is 2.37 bits per heavy atom. The van der Waals surface area contributed by atoms with Crippen LogP contribution < -0.4 is 11.3 Å². The van der Waals surface area contributed by atoms with Gasteiger partial charge in [-0.25, -0.2) is 0 Å². The topological polar surface area (TPSA) is 51.2 Å². The van der Waals surface area contributed by atoms with E-state index in [0.717, 1.165) is 23.5 Å². The highest BCUT2D eigenvalue weighted by Gasteiger charge is 2.16. The highest BCUT2D eigenvalue weighted by Crippen LogP contribution is 2.24. The van der Waals surface area contributed by atoms with Gasteiger partial charge in [-0.3, -0.25) is 11.3 Å². The SMILES string of the molecule is Cc1cc(C(Cc2ccc(C)c(C)c2)NN)c(C)o1. The second-order valence-corrected chi connectivity index (χ2v) is 5.21. The van der Waals surface area contributed by atoms with Gasteiger partial charge in [0.25, 0.3) is 0 Å². The van der Waals surface area contributed by atoms with Gasteiger partial charge in [-0.1, -0.05) is 18.2 Å². The Bertz CT molecular complexity index is 572. The molecule has 1 heterocycles. The normalized spacial score (nSPS) is 12.7. The van der Waals surface area contributed by atoms with Crippen molar-refractivity contribution >= 4 is 0 Å². The molecule has 1 aromatic heterocycles. The van der Waals surface area contributed by atoms with E-state index in [4.69, 9.17) is 10.3 Å². The molecule has 1 unspecified atom stereocenters. The van der Waals surface area contributed by atoms with Gasteiger partial charge >= 0.3 is 0 Å². The van der Waals surface area contributed by atoms with E-state index < -0.39 is 0 Å². The predicted molar refractivity (Wildman–Crippen MR) is 77.9 cm³/mol. The summed E-state index contributed by atoms with van der Waals surface area (Å²) in [5.74, 6) is 7.57. The van der Waals surface area contributed by atoms with Crippen molar-refractivity contribution in [2.45, 2.75) is 40.2 Å². The van der Waals surface area contributed by atoms with Crippen molar-refractivity contribution in [3.63, 3.8) is 0 Å². The van der Waals surface area contributed by atoms with E-state index in [1.54, 1.807) is 0 Å². The molecule has 0 radical (unpaired) electrons. The molecule has 0 aliphatic carbocycles. The molecular weight excluding hydrogens is 236 g/mol. The summed E-state index contributed by atoms with van der Waals surface area (Å²) in [5.41, 5.74) is 7.94. The molecule has 19 heavy (non-hydrogen) atoms. The average Bonchev–Trinajstić information content (AvgIpc) is 2.70. The zero-order chi connectivity index (χ0) is 14.0. The molecule has 1 atom stereocenters. The summed E-state index contributed by atoms with van der Waals surface area (Å²) in [7, 11) is 0. The summed E-state index contributed by atoms with van der Waals surface area (Å²) in [6.07, 6.45) is 0.859. The van der Waals surface area contributed by atoms with Gasteiger partial charge in [0.15, 0.2) is 0 Å². The lowest BCUT2D eigenvalue weighted by Crippen LogP contribution is -2.29. The Hall–Kier alpha value is -1.58. The standard InChI is InChI=1S/C16H22N2O/c1-10-5-6-14(7-11(10)2)9-16(18-17)15-8-12(3)19-13(15)4/h5-8,16,18H,9,17H2,1-4H3. The molecule has 0 amide bonds. The number of nitrogens with one attached hydrogen (secondary N) is 1. The van der Waals surface area contributed by atoms with Crippen LogP contribution in [0.1, 0.15) is 39.8 Å². The molecule has 3 N–H and O–H groups in total. The van der Waals surface area contributed by atoms with Gasteiger partial charge in [0.2, 0.25) is 0 Å². The van der Waals surface area contributed by atoms with Crippen LogP contribution >= 0.6 is 0 Å². The van der Waals surface area contributed by atoms with Gasteiger partial charge < -0.3 is 4.42 Å². The third kappa shape index (κ3) is 3.06. The lowest BCUT2D eigenvalue weighted by Gasteiger charge is -2.16. The zero-order valence-corrected chi connectivity index (χ0v) is 12.1. The number of nitrogens with two attached hydrogens (primary N) is 1. The molecule has 0 aliphatic rings. The van der Waals surface area contributed by atoms with E-state index >= 15 is 0 Å². The van der Waals surface area contributed by atoms with E-state index in [0.29, 0.717) is 0 Å². The van der Waals surface area contributed by atoms with Crippen molar-refractivity contribution < 1.29 is 4.42 Å². The van der Waals surface area contributed by atoms with Crippen LogP contribution in [0.25, 0.3) is 0 Å². The lowest BCUT2D eigenvalue weighted by molar-refractivity contribution is 0.484. The van der Waals surface area contributed by atoms with Crippen molar-refractivity contribution in [2.24, 2.45) is 5.84 Å². The van der Waals surface area contributed by atoms with E-state index in [1.807, 2.05) is 13.8 Å². The fourth-order valence-electron chi connectivity index (χ4n) is 2.42. The highest BCUT2D eigenvalue weighted by molar-refractivity contribution is 5.32. The Kier molecular flexibility index (Phi) is 4.08. The number of benzene rings is 1. The lowest BCUT2D eigenvalue weighted by atomic mass is 9.97. The number of aryl methyl sites for hydroxylation is 4. The Balaban J connectivity index is 2.23. The minimum Gasteiger partial charge on any atom is -0.466 e. The van der Waals surface area contributed by atoms with Crippen LogP contribution in [0.15, 0.2) is 28.7 Å². The first kappa shape index (κ1) is 13.8. The summed E-state index contributed by atoms with van der Waals surface area (Å²) in [5, 5.41) is 0. The third-order valence-corrected chi connectivity index (χ3v) is 3.67. The first-order valence-corrected chi connectivity index (χ1v) is 6.60. The van der Waals surface area contributed by atoms with E-state index in [2.05, 4.69) is 43.5 Å². The largest absolute Gasteiger partial charge is 0.466 e. The Morgan fingerprint density at radius 1 is 1.11 bits per heavy atom. The van der Waals surface area contributed by atoms with Gasteiger partial charge in [-0.05, 0) is 56.9 Å². The molecule has 3 heteroatoms. The van der Waals surface area contributed by atoms with Crippen LogP contribution in [0.5, 0.6) is 0 Å². The fraction of sp³-hybridized carbons (Fsp3) is 0.375.